The number of rotatable bonds is 4. The molecule has 0 heterocycles. The Morgan fingerprint density at radius 2 is 0.880 bits per heavy atom. The van der Waals surface area contributed by atoms with E-state index in [0.29, 0.717) is 11.1 Å². The second-order valence-corrected chi connectivity index (χ2v) is 8.10. The zero-order valence-electron chi connectivity index (χ0n) is 15.6. The third-order valence-corrected chi connectivity index (χ3v) is 5.55. The van der Waals surface area contributed by atoms with Gasteiger partial charge in [-0.25, -0.2) is 0 Å². The molecule has 0 aliphatic rings. The van der Waals surface area contributed by atoms with E-state index in [4.69, 9.17) is 0 Å². The number of carbonyl (C=O) groups is 2. The molecule has 25 heavy (non-hydrogen) atoms. The van der Waals surface area contributed by atoms with Crippen molar-refractivity contribution in [3.05, 3.63) is 68.8 Å². The minimum atomic E-state index is -3.09. The first kappa shape index (κ1) is 22.2. The summed E-state index contributed by atoms with van der Waals surface area (Å²) in [4.78, 5) is 25.4. The van der Waals surface area contributed by atoms with Crippen LogP contribution in [0, 0.1) is 41.5 Å². The molecule has 0 N–H and O–H groups in total. The van der Waals surface area contributed by atoms with Crippen LogP contribution in [0.5, 0.6) is 0 Å². The molecule has 1 radical (unpaired) electrons. The fourth-order valence-electron chi connectivity index (χ4n) is 3.41. The second kappa shape index (κ2) is 8.67. The molecule has 3 nitrogen and oxygen atoms in total. The fourth-order valence-corrected chi connectivity index (χ4v) is 4.86. The largest absolute Gasteiger partial charge is 0.310 e. The summed E-state index contributed by atoms with van der Waals surface area (Å²) in [5, 5.41) is 0. The van der Waals surface area contributed by atoms with Gasteiger partial charge < -0.3 is 4.57 Å². The van der Waals surface area contributed by atoms with E-state index in [1.807, 2.05) is 65.8 Å². The van der Waals surface area contributed by atoms with Crippen molar-refractivity contribution in [1.82, 2.24) is 0 Å². The van der Waals surface area contributed by atoms with Gasteiger partial charge in [-0.3, -0.25) is 9.59 Å². The van der Waals surface area contributed by atoms with Crippen molar-refractivity contribution in [2.45, 2.75) is 41.5 Å². The van der Waals surface area contributed by atoms with E-state index in [-0.39, 0.29) is 32.7 Å². The Kier molecular flexibility index (Phi) is 7.68. The Bertz CT molecular complexity index is 767. The van der Waals surface area contributed by atoms with Gasteiger partial charge in [0.1, 0.15) is 0 Å². The van der Waals surface area contributed by atoms with E-state index in [0.717, 1.165) is 33.4 Å². The molecule has 0 saturated heterocycles. The molecule has 129 valence electrons. The van der Waals surface area contributed by atoms with Gasteiger partial charge in [-0.05, 0) is 63.8 Å². The molecule has 2 aromatic rings. The molecule has 0 aliphatic carbocycles. The maximum Gasteiger partial charge on any atom is 0.226 e. The van der Waals surface area contributed by atoms with Crippen LogP contribution < -0.4 is 0 Å². The van der Waals surface area contributed by atoms with Crippen LogP contribution in [0.3, 0.4) is 0 Å². The molecular weight excluding hydrogens is 408 g/mol. The summed E-state index contributed by atoms with van der Waals surface area (Å²) < 4.78 is 12.7. The molecule has 2 aromatic carbocycles. The number of hydrogen-bond acceptors (Lipinski definition) is 3. The van der Waals surface area contributed by atoms with Gasteiger partial charge in [0.05, 0.1) is 0 Å². The topological polar surface area (TPSA) is 51.2 Å². The van der Waals surface area contributed by atoms with E-state index < -0.39 is 18.8 Å². The van der Waals surface area contributed by atoms with Crippen LogP contribution in [-0.4, -0.2) is 11.0 Å². The zero-order chi connectivity index (χ0) is 18.2. The third-order valence-electron chi connectivity index (χ3n) is 4.22. The zero-order valence-corrected chi connectivity index (χ0v) is 19.4. The van der Waals surface area contributed by atoms with Gasteiger partial charge in [0.25, 0.3) is 0 Å². The van der Waals surface area contributed by atoms with E-state index in [1.165, 1.54) is 0 Å². The Balaban J connectivity index is 0.00000312. The molecule has 0 fully saturated rings. The fraction of sp³-hybridized carbons (Fsp3) is 0.300. The first-order valence-corrected chi connectivity index (χ1v) is 9.33. The van der Waals surface area contributed by atoms with Crippen molar-refractivity contribution in [3.63, 3.8) is 0 Å². The van der Waals surface area contributed by atoms with Crippen LogP contribution >= 0.6 is 7.80 Å². The first-order chi connectivity index (χ1) is 11.1. The summed E-state index contributed by atoms with van der Waals surface area (Å²) in [6, 6.07) is 7.51. The molecule has 0 bridgehead atoms. The minimum Gasteiger partial charge on any atom is -0.310 e. The molecular formula is C20H23O3PY. The van der Waals surface area contributed by atoms with E-state index >= 15 is 0 Å². The maximum absolute atomic E-state index is 12.7. The summed E-state index contributed by atoms with van der Waals surface area (Å²) in [6.07, 6.45) is 0. The van der Waals surface area contributed by atoms with Gasteiger partial charge in [-0.15, -0.1) is 0 Å². The summed E-state index contributed by atoms with van der Waals surface area (Å²) in [5.74, 6) is 0. The monoisotopic (exact) mass is 431 g/mol. The minimum absolute atomic E-state index is 0. The van der Waals surface area contributed by atoms with Crippen LogP contribution in [-0.2, 0) is 37.3 Å². The van der Waals surface area contributed by atoms with Crippen LogP contribution in [0.25, 0.3) is 0 Å². The number of hydrogen-bond donors (Lipinski definition) is 0. The van der Waals surface area contributed by atoms with Gasteiger partial charge in [0.15, 0.2) is 0 Å². The quantitative estimate of drug-likeness (QED) is 0.635. The average Bonchev–Trinajstić information content (AvgIpc) is 2.43. The first-order valence-electron chi connectivity index (χ1n) is 7.92. The maximum atomic E-state index is 12.7. The Morgan fingerprint density at radius 3 is 1.12 bits per heavy atom. The second-order valence-electron chi connectivity index (χ2n) is 6.53. The third kappa shape index (κ3) is 4.64. The molecule has 0 spiro atoms. The normalized spacial score (nSPS) is 10.5. The van der Waals surface area contributed by atoms with Crippen molar-refractivity contribution in [3.8, 4) is 0 Å². The van der Waals surface area contributed by atoms with Crippen LogP contribution in [0.4, 0.5) is 0 Å². The molecule has 0 atom stereocenters. The molecule has 0 unspecified atom stereocenters. The van der Waals surface area contributed by atoms with Gasteiger partial charge in [0.2, 0.25) is 18.8 Å². The van der Waals surface area contributed by atoms with Gasteiger partial charge >= 0.3 is 0 Å². The number of benzene rings is 2. The standard InChI is InChI=1S/C20H23O3P.Y/c1-11-7-13(3)17(14(4)8-11)19(21)24(23)20(22)18-15(5)9-12(2)10-16(18)6;/h7-10,24H,1-6H3;. The summed E-state index contributed by atoms with van der Waals surface area (Å²) >= 11 is 0. The van der Waals surface area contributed by atoms with Crippen molar-refractivity contribution in [2.24, 2.45) is 0 Å². The molecule has 5 heteroatoms. The van der Waals surface area contributed by atoms with Crippen LogP contribution in [0.15, 0.2) is 24.3 Å². The van der Waals surface area contributed by atoms with Crippen molar-refractivity contribution in [2.75, 3.05) is 0 Å². The summed E-state index contributed by atoms with van der Waals surface area (Å²) in [7, 11) is -3.09. The van der Waals surface area contributed by atoms with Crippen LogP contribution in [0.2, 0.25) is 0 Å². The van der Waals surface area contributed by atoms with Crippen molar-refractivity contribution < 1.29 is 46.9 Å². The van der Waals surface area contributed by atoms with Gasteiger partial charge in [-0.1, -0.05) is 35.4 Å². The van der Waals surface area contributed by atoms with E-state index in [2.05, 4.69) is 0 Å². The molecule has 0 amide bonds. The smallest absolute Gasteiger partial charge is 0.226 e. The van der Waals surface area contributed by atoms with E-state index in [1.54, 1.807) is 0 Å². The van der Waals surface area contributed by atoms with Crippen molar-refractivity contribution in [1.29, 1.82) is 0 Å². The Morgan fingerprint density at radius 1 is 0.640 bits per heavy atom. The Hall–Kier alpha value is -0.886. The average molecular weight is 431 g/mol. The molecule has 0 aromatic heterocycles. The molecule has 0 saturated carbocycles. The number of carbonyl (C=O) groups excluding carboxylic acids is 2. The van der Waals surface area contributed by atoms with Gasteiger partial charge in [0, 0.05) is 43.8 Å². The van der Waals surface area contributed by atoms with Crippen molar-refractivity contribution >= 4 is 18.8 Å². The SMILES string of the molecule is Cc1cc(C)c(C(=O)[PH](=O)C(=O)c2c(C)cc(C)cc2C)c(C)c1.[Y]. The molecule has 0 aliphatic heterocycles. The predicted molar refractivity (Wildman–Crippen MR) is 99.0 cm³/mol. The van der Waals surface area contributed by atoms with E-state index in [9.17, 15) is 14.2 Å². The predicted octanol–water partition coefficient (Wildman–Crippen LogP) is 5.07. The molecule has 2 rings (SSSR count). The summed E-state index contributed by atoms with van der Waals surface area (Å²) in [6.45, 7) is 11.2. The summed E-state index contributed by atoms with van der Waals surface area (Å²) in [5.41, 5.74) is 4.89. The Labute approximate surface area is 175 Å². The number of aryl methyl sites for hydroxylation is 6. The van der Waals surface area contributed by atoms with Gasteiger partial charge in [-0.2, -0.15) is 0 Å². The van der Waals surface area contributed by atoms with Crippen LogP contribution in [0.1, 0.15) is 54.1 Å².